The van der Waals surface area contributed by atoms with Crippen molar-refractivity contribution in [1.82, 2.24) is 20.0 Å². The third-order valence-corrected chi connectivity index (χ3v) is 4.08. The van der Waals surface area contributed by atoms with Crippen LogP contribution in [0.4, 0.5) is 5.82 Å². The first-order valence-electron chi connectivity index (χ1n) is 8.38. The lowest BCUT2D eigenvalue weighted by Gasteiger charge is -2.37. The molecule has 2 rings (SSSR count). The standard InChI is InChI=1S/C16H27N5O2/c1-4-17-15(22)11-20-10-8-14(19-20)18-16(23)13-7-5-6-9-21(13)12(2)3/h8,10,12-13H,4-7,9,11H2,1-3H3,(H,17,22)(H,18,19,23)/t13-/m0/s1. The van der Waals surface area contributed by atoms with Crippen LogP contribution in [0.2, 0.25) is 0 Å². The second-order valence-electron chi connectivity index (χ2n) is 6.18. The van der Waals surface area contributed by atoms with E-state index in [0.717, 1.165) is 25.8 Å². The van der Waals surface area contributed by atoms with Gasteiger partial charge in [0, 0.05) is 24.8 Å². The van der Waals surface area contributed by atoms with Gasteiger partial charge < -0.3 is 10.6 Å². The summed E-state index contributed by atoms with van der Waals surface area (Å²) in [7, 11) is 0. The van der Waals surface area contributed by atoms with Crippen LogP contribution in [-0.4, -0.2) is 51.7 Å². The normalized spacial score (nSPS) is 18.9. The van der Waals surface area contributed by atoms with Gasteiger partial charge >= 0.3 is 0 Å². The van der Waals surface area contributed by atoms with Gasteiger partial charge in [0.1, 0.15) is 6.54 Å². The number of likely N-dealkylation sites (tertiary alicyclic amines) is 1. The van der Waals surface area contributed by atoms with E-state index in [4.69, 9.17) is 0 Å². The molecule has 2 amide bonds. The Labute approximate surface area is 137 Å². The minimum Gasteiger partial charge on any atom is -0.355 e. The third-order valence-electron chi connectivity index (χ3n) is 4.08. The van der Waals surface area contributed by atoms with Gasteiger partial charge in [0.25, 0.3) is 0 Å². The van der Waals surface area contributed by atoms with Crippen molar-refractivity contribution in [1.29, 1.82) is 0 Å². The molecule has 1 saturated heterocycles. The quantitative estimate of drug-likeness (QED) is 0.826. The number of nitrogens with one attached hydrogen (secondary N) is 2. The van der Waals surface area contributed by atoms with E-state index in [1.807, 2.05) is 6.92 Å². The molecule has 1 atom stereocenters. The molecular weight excluding hydrogens is 294 g/mol. The van der Waals surface area contributed by atoms with Gasteiger partial charge in [-0.1, -0.05) is 6.42 Å². The van der Waals surface area contributed by atoms with Crippen LogP contribution >= 0.6 is 0 Å². The molecule has 0 unspecified atom stereocenters. The van der Waals surface area contributed by atoms with E-state index in [-0.39, 0.29) is 24.4 Å². The molecule has 0 aliphatic carbocycles. The first-order valence-corrected chi connectivity index (χ1v) is 8.38. The van der Waals surface area contributed by atoms with Gasteiger partial charge in [0.05, 0.1) is 6.04 Å². The molecule has 1 aliphatic heterocycles. The average molecular weight is 321 g/mol. The number of hydrogen-bond acceptors (Lipinski definition) is 4. The molecule has 7 nitrogen and oxygen atoms in total. The fraction of sp³-hybridized carbons (Fsp3) is 0.688. The maximum Gasteiger partial charge on any atom is 0.242 e. The fourth-order valence-electron chi connectivity index (χ4n) is 2.98. The number of carbonyl (C=O) groups excluding carboxylic acids is 2. The molecule has 0 aromatic carbocycles. The van der Waals surface area contributed by atoms with Crippen LogP contribution in [0.3, 0.4) is 0 Å². The number of amides is 2. The summed E-state index contributed by atoms with van der Waals surface area (Å²) in [6.07, 6.45) is 4.80. The predicted molar refractivity (Wildman–Crippen MR) is 89.0 cm³/mol. The summed E-state index contributed by atoms with van der Waals surface area (Å²) >= 11 is 0. The number of likely N-dealkylation sites (N-methyl/N-ethyl adjacent to an activating group) is 1. The van der Waals surface area contributed by atoms with Crippen molar-refractivity contribution >= 4 is 17.6 Å². The van der Waals surface area contributed by atoms with Crippen molar-refractivity contribution in [3.63, 3.8) is 0 Å². The van der Waals surface area contributed by atoms with Gasteiger partial charge in [-0.15, -0.1) is 0 Å². The summed E-state index contributed by atoms with van der Waals surface area (Å²) in [6, 6.07) is 1.97. The maximum atomic E-state index is 12.5. The monoisotopic (exact) mass is 321 g/mol. The molecule has 2 N–H and O–H groups in total. The molecule has 2 heterocycles. The molecule has 1 fully saturated rings. The highest BCUT2D eigenvalue weighted by molar-refractivity contribution is 5.94. The molecule has 23 heavy (non-hydrogen) atoms. The van der Waals surface area contributed by atoms with E-state index in [1.54, 1.807) is 12.3 Å². The first kappa shape index (κ1) is 17.5. The topological polar surface area (TPSA) is 79.3 Å². The summed E-state index contributed by atoms with van der Waals surface area (Å²) in [5.41, 5.74) is 0. The van der Waals surface area contributed by atoms with Gasteiger partial charge in [-0.25, -0.2) is 0 Å². The third kappa shape index (κ3) is 4.79. The maximum absolute atomic E-state index is 12.5. The van der Waals surface area contributed by atoms with Crippen LogP contribution < -0.4 is 10.6 Å². The number of nitrogens with zero attached hydrogens (tertiary/aromatic N) is 3. The Balaban J connectivity index is 1.94. The van der Waals surface area contributed by atoms with E-state index in [9.17, 15) is 9.59 Å². The zero-order valence-corrected chi connectivity index (χ0v) is 14.2. The van der Waals surface area contributed by atoms with Crippen molar-refractivity contribution in [2.75, 3.05) is 18.4 Å². The zero-order chi connectivity index (χ0) is 16.8. The van der Waals surface area contributed by atoms with Crippen LogP contribution in [-0.2, 0) is 16.1 Å². The second-order valence-corrected chi connectivity index (χ2v) is 6.18. The highest BCUT2D eigenvalue weighted by atomic mass is 16.2. The van der Waals surface area contributed by atoms with E-state index in [0.29, 0.717) is 18.4 Å². The lowest BCUT2D eigenvalue weighted by molar-refractivity contribution is -0.123. The number of carbonyl (C=O) groups is 2. The minimum absolute atomic E-state index is 0.0124. The van der Waals surface area contributed by atoms with E-state index < -0.39 is 0 Å². The highest BCUT2D eigenvalue weighted by Crippen LogP contribution is 2.20. The van der Waals surface area contributed by atoms with Gasteiger partial charge in [0.15, 0.2) is 5.82 Å². The molecule has 1 aliphatic rings. The van der Waals surface area contributed by atoms with Gasteiger partial charge in [-0.2, -0.15) is 5.10 Å². The SMILES string of the molecule is CCNC(=O)Cn1ccc(NC(=O)[C@@H]2CCCCN2C(C)C)n1. The molecule has 1 aromatic rings. The van der Waals surface area contributed by atoms with E-state index >= 15 is 0 Å². The van der Waals surface area contributed by atoms with Gasteiger partial charge in [0.2, 0.25) is 11.8 Å². The Bertz CT molecular complexity index is 540. The Morgan fingerprint density at radius 2 is 2.17 bits per heavy atom. The summed E-state index contributed by atoms with van der Waals surface area (Å²) in [6.45, 7) is 7.82. The smallest absolute Gasteiger partial charge is 0.242 e. The lowest BCUT2D eigenvalue weighted by Crippen LogP contribution is -2.50. The van der Waals surface area contributed by atoms with E-state index in [1.165, 1.54) is 4.68 Å². The van der Waals surface area contributed by atoms with Crippen molar-refractivity contribution in [3.8, 4) is 0 Å². The second kappa shape index (κ2) is 8.10. The number of hydrogen-bond donors (Lipinski definition) is 2. The largest absolute Gasteiger partial charge is 0.355 e. The molecule has 0 radical (unpaired) electrons. The Morgan fingerprint density at radius 3 is 2.87 bits per heavy atom. The van der Waals surface area contributed by atoms with Crippen LogP contribution in [0.5, 0.6) is 0 Å². The minimum atomic E-state index is -0.0997. The Morgan fingerprint density at radius 1 is 1.39 bits per heavy atom. The summed E-state index contributed by atoms with van der Waals surface area (Å²) in [5, 5.41) is 9.84. The first-order chi connectivity index (χ1) is 11.0. The van der Waals surface area contributed by atoms with Crippen molar-refractivity contribution < 1.29 is 9.59 Å². The van der Waals surface area contributed by atoms with Crippen molar-refractivity contribution in [3.05, 3.63) is 12.3 Å². The molecule has 0 spiro atoms. The molecule has 0 saturated carbocycles. The Kier molecular flexibility index (Phi) is 6.15. The fourth-order valence-corrected chi connectivity index (χ4v) is 2.98. The van der Waals surface area contributed by atoms with E-state index in [2.05, 4.69) is 34.5 Å². The van der Waals surface area contributed by atoms with Crippen LogP contribution in [0.15, 0.2) is 12.3 Å². The van der Waals surface area contributed by atoms with Crippen molar-refractivity contribution in [2.45, 2.75) is 58.7 Å². The molecule has 1 aromatic heterocycles. The highest BCUT2D eigenvalue weighted by Gasteiger charge is 2.30. The number of anilines is 1. The molecule has 0 bridgehead atoms. The molecule has 7 heteroatoms. The van der Waals surface area contributed by atoms with Crippen LogP contribution in [0.1, 0.15) is 40.0 Å². The zero-order valence-electron chi connectivity index (χ0n) is 14.2. The van der Waals surface area contributed by atoms with Gasteiger partial charge in [-0.3, -0.25) is 19.2 Å². The summed E-state index contributed by atoms with van der Waals surface area (Å²) < 4.78 is 1.53. The predicted octanol–water partition coefficient (Wildman–Crippen LogP) is 1.22. The summed E-state index contributed by atoms with van der Waals surface area (Å²) in [5.74, 6) is 0.391. The number of aromatic nitrogens is 2. The lowest BCUT2D eigenvalue weighted by atomic mass is 10.00. The molecule has 128 valence electrons. The number of rotatable bonds is 6. The average Bonchev–Trinajstić information content (AvgIpc) is 2.94. The summed E-state index contributed by atoms with van der Waals surface area (Å²) in [4.78, 5) is 26.3. The number of piperidine rings is 1. The van der Waals surface area contributed by atoms with Crippen LogP contribution in [0, 0.1) is 0 Å². The Hall–Kier alpha value is -1.89. The van der Waals surface area contributed by atoms with Gasteiger partial charge in [-0.05, 0) is 40.2 Å². The van der Waals surface area contributed by atoms with Crippen LogP contribution in [0.25, 0.3) is 0 Å². The molecular formula is C16H27N5O2. The van der Waals surface area contributed by atoms with Crippen molar-refractivity contribution in [2.24, 2.45) is 0 Å².